The van der Waals surface area contributed by atoms with Crippen LogP contribution >= 0.6 is 0 Å². The lowest BCUT2D eigenvalue weighted by molar-refractivity contribution is -0.138. The zero-order chi connectivity index (χ0) is 24.0. The van der Waals surface area contributed by atoms with Gasteiger partial charge in [0.25, 0.3) is 0 Å². The first-order chi connectivity index (χ1) is 16.2. The summed E-state index contributed by atoms with van der Waals surface area (Å²) in [7, 11) is 0. The summed E-state index contributed by atoms with van der Waals surface area (Å²) in [6.45, 7) is 1.10. The molecule has 2 amide bonds. The highest BCUT2D eigenvalue weighted by Gasteiger charge is 2.38. The van der Waals surface area contributed by atoms with Gasteiger partial charge in [0.05, 0.1) is 23.9 Å². The van der Waals surface area contributed by atoms with Crippen molar-refractivity contribution in [1.82, 2.24) is 19.5 Å². The number of carbonyl (C=O) groups excluding carboxylic acids is 1. The van der Waals surface area contributed by atoms with Crippen LogP contribution in [0.5, 0.6) is 0 Å². The molecule has 1 aromatic carbocycles. The van der Waals surface area contributed by atoms with Gasteiger partial charge in [-0.2, -0.15) is 18.3 Å². The Morgan fingerprint density at radius 2 is 2.00 bits per heavy atom. The normalized spacial score (nSPS) is 21.0. The minimum absolute atomic E-state index is 0.124. The maximum absolute atomic E-state index is 13.9. The van der Waals surface area contributed by atoms with Crippen molar-refractivity contribution in [2.45, 2.75) is 37.6 Å². The number of amides is 2. The molecule has 12 heteroatoms. The second kappa shape index (κ2) is 8.42. The molecule has 3 aromatic rings. The van der Waals surface area contributed by atoms with E-state index in [1.54, 1.807) is 17.2 Å². The molecule has 1 unspecified atom stereocenters. The molecule has 2 aliphatic heterocycles. The van der Waals surface area contributed by atoms with E-state index in [4.69, 9.17) is 0 Å². The highest BCUT2D eigenvalue weighted by atomic mass is 19.4. The molecule has 180 valence electrons. The Kier molecular flexibility index (Phi) is 5.54. The van der Waals surface area contributed by atoms with Gasteiger partial charge in [-0.05, 0) is 49.1 Å². The number of fused-ring (bicyclic) bond motifs is 1. The Hall–Kier alpha value is -3.41. The summed E-state index contributed by atoms with van der Waals surface area (Å²) in [6.07, 6.45) is -0.590. The number of anilines is 2. The van der Waals surface area contributed by atoms with Gasteiger partial charge in [0.15, 0.2) is 5.65 Å². The van der Waals surface area contributed by atoms with Crippen LogP contribution in [0.2, 0.25) is 0 Å². The SMILES string of the molecule is O=C(Nc1cnn2ccc(N3CCC[C@@H]3c3cc(F)ccc3C(F)(F)F)nc12)N1CCC(O)C1. The number of carbonyl (C=O) groups is 1. The maximum Gasteiger partial charge on any atom is 0.416 e. The van der Waals surface area contributed by atoms with E-state index in [1.165, 1.54) is 15.6 Å². The van der Waals surface area contributed by atoms with E-state index in [9.17, 15) is 27.5 Å². The number of nitrogens with one attached hydrogen (secondary N) is 1. The molecule has 8 nitrogen and oxygen atoms in total. The fourth-order valence-corrected chi connectivity index (χ4v) is 4.66. The van der Waals surface area contributed by atoms with Crippen molar-refractivity contribution >= 4 is 23.2 Å². The Balaban J connectivity index is 1.46. The van der Waals surface area contributed by atoms with E-state index in [2.05, 4.69) is 15.4 Å². The van der Waals surface area contributed by atoms with Crippen LogP contribution in [0, 0.1) is 5.82 Å². The van der Waals surface area contributed by atoms with Crippen molar-refractivity contribution in [2.75, 3.05) is 29.9 Å². The number of aromatic nitrogens is 3. The number of benzene rings is 1. The summed E-state index contributed by atoms with van der Waals surface area (Å²) >= 11 is 0. The molecule has 0 spiro atoms. The van der Waals surface area contributed by atoms with Crippen LogP contribution in [0.1, 0.15) is 36.4 Å². The van der Waals surface area contributed by atoms with Crippen LogP contribution in [0.25, 0.3) is 5.65 Å². The second-order valence-corrected chi connectivity index (χ2v) is 8.51. The average molecular weight is 478 g/mol. The highest BCUT2D eigenvalue weighted by molar-refractivity contribution is 5.93. The van der Waals surface area contributed by atoms with Gasteiger partial charge in [-0.15, -0.1) is 0 Å². The number of hydrogen-bond acceptors (Lipinski definition) is 5. The quantitative estimate of drug-likeness (QED) is 0.559. The third kappa shape index (κ3) is 4.13. The smallest absolute Gasteiger partial charge is 0.391 e. The summed E-state index contributed by atoms with van der Waals surface area (Å²) in [6, 6.07) is 3.07. The molecule has 0 radical (unpaired) electrons. The van der Waals surface area contributed by atoms with Gasteiger partial charge in [-0.25, -0.2) is 18.7 Å². The molecular weight excluding hydrogens is 456 g/mol. The molecular formula is C22H22F4N6O2. The fourth-order valence-electron chi connectivity index (χ4n) is 4.66. The first kappa shape index (κ1) is 22.4. The van der Waals surface area contributed by atoms with Crippen molar-refractivity contribution in [1.29, 1.82) is 0 Å². The molecule has 2 fully saturated rings. The van der Waals surface area contributed by atoms with Crippen LogP contribution < -0.4 is 10.2 Å². The van der Waals surface area contributed by atoms with Gasteiger partial charge >= 0.3 is 12.2 Å². The first-order valence-corrected chi connectivity index (χ1v) is 10.9. The van der Waals surface area contributed by atoms with Crippen LogP contribution in [0.15, 0.2) is 36.7 Å². The van der Waals surface area contributed by atoms with E-state index >= 15 is 0 Å². The highest BCUT2D eigenvalue weighted by Crippen LogP contribution is 2.42. The molecule has 0 saturated carbocycles. The topological polar surface area (TPSA) is 86.0 Å². The summed E-state index contributed by atoms with van der Waals surface area (Å²) in [5, 5.41) is 16.6. The molecule has 2 saturated heterocycles. The monoisotopic (exact) mass is 478 g/mol. The second-order valence-electron chi connectivity index (χ2n) is 8.51. The standard InChI is InChI=1S/C22H22F4N6O2/c23-13-3-4-16(22(24,25)26)15(10-13)18-2-1-7-31(18)19-6-9-32-20(29-19)17(11-27-32)28-21(34)30-8-5-14(33)12-30/h3-4,6,9-11,14,18,33H,1-2,5,7-8,12H2,(H,28,34)/t14?,18-/m1/s1. The number of alkyl halides is 3. The van der Waals surface area contributed by atoms with Gasteiger partial charge in [0.2, 0.25) is 0 Å². The molecule has 0 bridgehead atoms. The fraction of sp³-hybridized carbons (Fsp3) is 0.409. The van der Waals surface area contributed by atoms with Crippen molar-refractivity contribution in [3.8, 4) is 0 Å². The van der Waals surface area contributed by atoms with E-state index in [-0.39, 0.29) is 12.1 Å². The largest absolute Gasteiger partial charge is 0.416 e. The number of likely N-dealkylation sites (tertiary alicyclic amines) is 1. The number of halogens is 4. The van der Waals surface area contributed by atoms with Crippen molar-refractivity contribution in [2.24, 2.45) is 0 Å². The van der Waals surface area contributed by atoms with Crippen molar-refractivity contribution in [3.63, 3.8) is 0 Å². The summed E-state index contributed by atoms with van der Waals surface area (Å²) < 4.78 is 56.3. The van der Waals surface area contributed by atoms with Crippen molar-refractivity contribution < 1.29 is 27.5 Å². The lowest BCUT2D eigenvalue weighted by Crippen LogP contribution is -2.33. The van der Waals surface area contributed by atoms with Crippen LogP contribution in [0.4, 0.5) is 33.9 Å². The minimum atomic E-state index is -4.61. The number of urea groups is 1. The van der Waals surface area contributed by atoms with Crippen LogP contribution in [0.3, 0.4) is 0 Å². The molecule has 4 heterocycles. The first-order valence-electron chi connectivity index (χ1n) is 10.9. The molecule has 2 aromatic heterocycles. The zero-order valence-electron chi connectivity index (χ0n) is 18.0. The van der Waals surface area contributed by atoms with E-state index < -0.39 is 35.7 Å². The molecule has 34 heavy (non-hydrogen) atoms. The third-order valence-corrected chi connectivity index (χ3v) is 6.27. The molecule has 2 aliphatic rings. The van der Waals surface area contributed by atoms with E-state index in [0.717, 1.165) is 18.2 Å². The van der Waals surface area contributed by atoms with Gasteiger partial charge < -0.3 is 20.2 Å². The summed E-state index contributed by atoms with van der Waals surface area (Å²) in [5.41, 5.74) is -0.324. The molecule has 0 aliphatic carbocycles. The zero-order valence-corrected chi connectivity index (χ0v) is 18.0. The Morgan fingerprint density at radius 1 is 1.18 bits per heavy atom. The van der Waals surface area contributed by atoms with E-state index in [0.29, 0.717) is 49.5 Å². The molecule has 5 rings (SSSR count). The van der Waals surface area contributed by atoms with Crippen LogP contribution in [-0.4, -0.2) is 56.4 Å². The van der Waals surface area contributed by atoms with Gasteiger partial charge in [0, 0.05) is 25.8 Å². The summed E-state index contributed by atoms with van der Waals surface area (Å²) in [4.78, 5) is 20.3. The predicted molar refractivity (Wildman–Crippen MR) is 115 cm³/mol. The number of hydrogen-bond donors (Lipinski definition) is 2. The average Bonchev–Trinajstić information content (AvgIpc) is 3.52. The number of aliphatic hydroxyl groups is 1. The van der Waals surface area contributed by atoms with Gasteiger partial charge in [0.1, 0.15) is 17.3 Å². The van der Waals surface area contributed by atoms with Crippen LogP contribution in [-0.2, 0) is 6.18 Å². The predicted octanol–water partition coefficient (Wildman–Crippen LogP) is 3.83. The number of β-amino-alcohol motifs (C(OH)–C–C–N with tert-alkyl or cyclic N) is 1. The number of aliphatic hydroxyl groups excluding tert-OH is 1. The van der Waals surface area contributed by atoms with Crippen molar-refractivity contribution in [3.05, 3.63) is 53.6 Å². The number of nitrogens with zero attached hydrogens (tertiary/aromatic N) is 5. The molecule has 2 atom stereocenters. The van der Waals surface area contributed by atoms with E-state index in [1.807, 2.05) is 0 Å². The number of rotatable bonds is 3. The minimum Gasteiger partial charge on any atom is -0.391 e. The van der Waals surface area contributed by atoms with Gasteiger partial charge in [-0.3, -0.25) is 0 Å². The molecule has 2 N–H and O–H groups in total. The Labute approximate surface area is 191 Å². The van der Waals surface area contributed by atoms with Gasteiger partial charge in [-0.1, -0.05) is 0 Å². The Morgan fingerprint density at radius 3 is 2.74 bits per heavy atom. The third-order valence-electron chi connectivity index (χ3n) is 6.27. The lowest BCUT2D eigenvalue weighted by atomic mass is 9.97. The summed E-state index contributed by atoms with van der Waals surface area (Å²) in [5.74, 6) is -0.328. The maximum atomic E-state index is 13.9. The Bertz CT molecular complexity index is 1230. The lowest BCUT2D eigenvalue weighted by Gasteiger charge is -2.28.